The summed E-state index contributed by atoms with van der Waals surface area (Å²) in [6.45, 7) is 2.97. The van der Waals surface area contributed by atoms with Crippen LogP contribution in [0.1, 0.15) is 67.2 Å². The van der Waals surface area contributed by atoms with E-state index in [4.69, 9.17) is 0 Å². The van der Waals surface area contributed by atoms with Gasteiger partial charge in [-0.1, -0.05) is 44.0 Å². The highest BCUT2D eigenvalue weighted by Gasteiger charge is 2.35. The molecule has 0 saturated heterocycles. The average molecular weight is 441 g/mol. The molecule has 1 N–H and O–H groups in total. The van der Waals surface area contributed by atoms with Crippen LogP contribution in [0.3, 0.4) is 0 Å². The van der Waals surface area contributed by atoms with Crippen LogP contribution in [0.15, 0.2) is 53.3 Å². The molecule has 1 atom stereocenters. The van der Waals surface area contributed by atoms with Crippen LogP contribution in [0.4, 0.5) is 5.69 Å². The Morgan fingerprint density at radius 3 is 2.82 bits per heavy atom. The molecule has 7 heteroatoms. The summed E-state index contributed by atoms with van der Waals surface area (Å²) in [5, 5.41) is 14.1. The molecule has 6 rings (SSSR count). The molecule has 2 aromatic carbocycles. The Morgan fingerprint density at radius 2 is 1.97 bits per heavy atom. The van der Waals surface area contributed by atoms with Gasteiger partial charge in [-0.3, -0.25) is 4.79 Å². The summed E-state index contributed by atoms with van der Waals surface area (Å²) in [4.78, 5) is 18.9. The second-order valence-electron chi connectivity index (χ2n) is 9.22. The lowest BCUT2D eigenvalue weighted by atomic mass is 10.0. The maximum Gasteiger partial charge on any atom is 0.254 e. The summed E-state index contributed by atoms with van der Waals surface area (Å²) in [5.41, 5.74) is 5.18. The van der Waals surface area contributed by atoms with Crippen molar-refractivity contribution in [3.05, 3.63) is 81.4 Å². The van der Waals surface area contributed by atoms with Crippen LogP contribution in [-0.4, -0.2) is 31.7 Å². The Morgan fingerprint density at radius 1 is 1.12 bits per heavy atom. The molecule has 0 unspecified atom stereocenters. The van der Waals surface area contributed by atoms with Crippen molar-refractivity contribution in [3.63, 3.8) is 0 Å². The number of hydrogen-bond donors (Lipinski definition) is 1. The first-order chi connectivity index (χ1) is 16.2. The molecule has 33 heavy (non-hydrogen) atoms. The molecular formula is C26H28N6O. The van der Waals surface area contributed by atoms with Gasteiger partial charge in [0.15, 0.2) is 5.82 Å². The zero-order chi connectivity index (χ0) is 22.4. The Hall–Kier alpha value is -3.48. The fraction of sp³-hybridized carbons (Fsp3) is 0.385. The van der Waals surface area contributed by atoms with Crippen molar-refractivity contribution in [2.75, 3.05) is 11.4 Å². The van der Waals surface area contributed by atoms with E-state index in [2.05, 4.69) is 68.7 Å². The lowest BCUT2D eigenvalue weighted by molar-refractivity contribution is 0.428. The van der Waals surface area contributed by atoms with Gasteiger partial charge >= 0.3 is 0 Å². The molecule has 0 spiro atoms. The fourth-order valence-electron chi connectivity index (χ4n) is 5.56. The van der Waals surface area contributed by atoms with E-state index in [9.17, 15) is 4.79 Å². The number of tetrazole rings is 1. The van der Waals surface area contributed by atoms with E-state index in [0.29, 0.717) is 11.6 Å². The zero-order valence-electron chi connectivity index (χ0n) is 18.9. The van der Waals surface area contributed by atoms with Crippen LogP contribution >= 0.6 is 0 Å². The van der Waals surface area contributed by atoms with Gasteiger partial charge < -0.3 is 9.88 Å². The van der Waals surface area contributed by atoms with Crippen molar-refractivity contribution in [1.82, 2.24) is 25.2 Å². The smallest absolute Gasteiger partial charge is 0.254 e. The summed E-state index contributed by atoms with van der Waals surface area (Å²) < 4.78 is 1.99. The Labute approximate surface area is 192 Å². The van der Waals surface area contributed by atoms with Gasteiger partial charge in [-0.2, -0.15) is 0 Å². The molecule has 4 aromatic rings. The molecule has 2 aliphatic rings. The molecule has 7 nitrogen and oxygen atoms in total. The molecule has 168 valence electrons. The minimum Gasteiger partial charge on any atom is -0.357 e. The van der Waals surface area contributed by atoms with E-state index in [0.717, 1.165) is 54.6 Å². The van der Waals surface area contributed by atoms with E-state index in [1.54, 1.807) is 0 Å². The first kappa shape index (κ1) is 20.1. The van der Waals surface area contributed by atoms with Crippen molar-refractivity contribution in [1.29, 1.82) is 0 Å². The maximum atomic E-state index is 13.5. The number of nitrogens with zero attached hydrogens (tertiary/aromatic N) is 5. The first-order valence-corrected chi connectivity index (χ1v) is 12.0. The Balaban J connectivity index is 1.55. The topological polar surface area (TPSA) is 79.7 Å². The van der Waals surface area contributed by atoms with Gasteiger partial charge in [0.2, 0.25) is 0 Å². The highest BCUT2D eigenvalue weighted by Crippen LogP contribution is 2.39. The second-order valence-corrected chi connectivity index (χ2v) is 9.22. The summed E-state index contributed by atoms with van der Waals surface area (Å²) in [6.07, 6.45) is 6.44. The molecule has 1 fully saturated rings. The number of benzene rings is 2. The molecule has 1 aliphatic carbocycles. The van der Waals surface area contributed by atoms with Gasteiger partial charge in [-0.15, -0.1) is 5.10 Å². The normalized spacial score (nSPS) is 17.1. The van der Waals surface area contributed by atoms with Crippen LogP contribution in [0.5, 0.6) is 0 Å². The number of aryl methyl sites for hydroxylation is 1. The van der Waals surface area contributed by atoms with E-state index < -0.39 is 0 Å². The third-order valence-corrected chi connectivity index (χ3v) is 7.31. The summed E-state index contributed by atoms with van der Waals surface area (Å²) >= 11 is 0. The van der Waals surface area contributed by atoms with Gasteiger partial charge in [0, 0.05) is 23.3 Å². The minimum absolute atomic E-state index is 0.0814. The zero-order valence-corrected chi connectivity index (χ0v) is 18.9. The van der Waals surface area contributed by atoms with Gasteiger partial charge in [-0.25, -0.2) is 4.68 Å². The minimum atomic E-state index is -0.345. The Kier molecular flexibility index (Phi) is 4.97. The number of pyridine rings is 1. The highest BCUT2D eigenvalue weighted by atomic mass is 16.1. The van der Waals surface area contributed by atoms with Crippen molar-refractivity contribution >= 4 is 16.6 Å². The molecular weight excluding hydrogens is 412 g/mol. The van der Waals surface area contributed by atoms with Crippen molar-refractivity contribution in [3.8, 4) is 0 Å². The van der Waals surface area contributed by atoms with Gasteiger partial charge in [0.1, 0.15) is 6.04 Å². The van der Waals surface area contributed by atoms with E-state index >= 15 is 0 Å². The highest BCUT2D eigenvalue weighted by molar-refractivity contribution is 5.80. The standard InChI is InChI=1S/C26H28N6O/c1-2-17-11-12-22-19(15-17)16-21(26(33)27-22)24(31-14-13-18-7-3-6-10-23(18)31)25-28-29-30-32(25)20-8-4-5-9-20/h3,6-7,10-12,15-16,20,24H,2,4-5,8-9,13-14H2,1H3,(H,27,33)/t24-/m1/s1. The number of H-pyrrole nitrogens is 1. The molecule has 2 aromatic heterocycles. The lowest BCUT2D eigenvalue weighted by Gasteiger charge is -2.30. The molecule has 1 saturated carbocycles. The van der Waals surface area contributed by atoms with E-state index in [-0.39, 0.29) is 11.6 Å². The van der Waals surface area contributed by atoms with Crippen LogP contribution < -0.4 is 10.5 Å². The number of anilines is 1. The summed E-state index contributed by atoms with van der Waals surface area (Å²) in [7, 11) is 0. The molecule has 1 aliphatic heterocycles. The monoisotopic (exact) mass is 440 g/mol. The Bertz CT molecular complexity index is 1370. The first-order valence-electron chi connectivity index (χ1n) is 12.0. The van der Waals surface area contributed by atoms with Crippen LogP contribution in [0, 0.1) is 0 Å². The third kappa shape index (κ3) is 3.43. The van der Waals surface area contributed by atoms with Gasteiger partial charge in [0.25, 0.3) is 5.56 Å². The molecule has 0 bridgehead atoms. The van der Waals surface area contributed by atoms with Gasteiger partial charge in [-0.05, 0) is 76.9 Å². The number of para-hydroxylation sites is 1. The second kappa shape index (κ2) is 8.14. The van der Waals surface area contributed by atoms with E-state index in [1.807, 2.05) is 16.8 Å². The molecule has 0 amide bonds. The number of rotatable bonds is 5. The van der Waals surface area contributed by atoms with Crippen LogP contribution in [0.2, 0.25) is 0 Å². The van der Waals surface area contributed by atoms with Crippen molar-refractivity contribution in [2.45, 2.75) is 57.5 Å². The predicted octanol–water partition coefficient (Wildman–Crippen LogP) is 4.34. The average Bonchev–Trinajstić information content (AvgIpc) is 3.60. The summed E-state index contributed by atoms with van der Waals surface area (Å²) in [5.74, 6) is 0.759. The largest absolute Gasteiger partial charge is 0.357 e. The predicted molar refractivity (Wildman–Crippen MR) is 129 cm³/mol. The quantitative estimate of drug-likeness (QED) is 0.499. The molecule has 3 heterocycles. The third-order valence-electron chi connectivity index (χ3n) is 7.31. The number of aromatic nitrogens is 5. The number of nitrogens with one attached hydrogen (secondary N) is 1. The van der Waals surface area contributed by atoms with Crippen LogP contribution in [0.25, 0.3) is 10.9 Å². The fourth-order valence-corrected chi connectivity index (χ4v) is 5.56. The number of hydrogen-bond acceptors (Lipinski definition) is 5. The number of aromatic amines is 1. The van der Waals surface area contributed by atoms with Crippen molar-refractivity contribution < 1.29 is 0 Å². The summed E-state index contributed by atoms with van der Waals surface area (Å²) in [6, 6.07) is 16.7. The van der Waals surface area contributed by atoms with Crippen LogP contribution in [-0.2, 0) is 12.8 Å². The van der Waals surface area contributed by atoms with E-state index in [1.165, 1.54) is 24.0 Å². The SMILES string of the molecule is CCc1ccc2[nH]c(=O)c([C@H](c3nnnn3C3CCCC3)N3CCc4ccccc43)cc2c1. The lowest BCUT2D eigenvalue weighted by Crippen LogP contribution is -2.34. The maximum absolute atomic E-state index is 13.5. The van der Waals surface area contributed by atoms with Gasteiger partial charge in [0.05, 0.1) is 6.04 Å². The molecule has 0 radical (unpaired) electrons. The van der Waals surface area contributed by atoms with Crippen molar-refractivity contribution in [2.24, 2.45) is 0 Å². The number of fused-ring (bicyclic) bond motifs is 2.